The fourth-order valence-corrected chi connectivity index (χ4v) is 5.94. The van der Waals surface area contributed by atoms with Gasteiger partial charge in [-0.1, -0.05) is 103 Å². The second-order valence-electron chi connectivity index (χ2n) is 14.4. The highest BCUT2D eigenvalue weighted by Gasteiger charge is 2.13. The lowest BCUT2D eigenvalue weighted by Gasteiger charge is -2.16. The lowest BCUT2D eigenvalue weighted by atomic mass is 10.0. The van der Waals surface area contributed by atoms with E-state index >= 15 is 0 Å². The average molecular weight is 783 g/mol. The van der Waals surface area contributed by atoms with E-state index in [9.17, 15) is 0 Å². The molecule has 0 amide bonds. The first-order valence-corrected chi connectivity index (χ1v) is 24.9. The highest BCUT2D eigenvalue weighted by atomic mass is 28.4. The van der Waals surface area contributed by atoms with Crippen LogP contribution in [0.5, 0.6) is 0 Å². The van der Waals surface area contributed by atoms with Crippen LogP contribution in [0, 0.1) is 0 Å². The molecule has 0 saturated heterocycles. The van der Waals surface area contributed by atoms with Gasteiger partial charge in [-0.05, 0) is 26.1 Å². The largest absolute Gasteiger partial charge is 0.415 e. The van der Waals surface area contributed by atoms with Crippen molar-refractivity contribution in [1.29, 1.82) is 0 Å². The van der Waals surface area contributed by atoms with E-state index in [1.54, 1.807) is 0 Å². The van der Waals surface area contributed by atoms with Gasteiger partial charge in [0.25, 0.3) is 0 Å². The molecule has 0 rings (SSSR count). The van der Waals surface area contributed by atoms with E-state index in [4.69, 9.17) is 51.8 Å². The molecule has 0 bridgehead atoms. The number of rotatable bonds is 48. The zero-order valence-electron chi connectivity index (χ0n) is 35.2. The minimum Gasteiger partial charge on any atom is -0.415 e. The van der Waals surface area contributed by atoms with Gasteiger partial charge in [0.2, 0.25) is 0 Å². The Morgan fingerprint density at radius 2 is 0.415 bits per heavy atom. The average Bonchev–Trinajstić information content (AvgIpc) is 3.14. The lowest BCUT2D eigenvalue weighted by molar-refractivity contribution is -0.0267. The fourth-order valence-electron chi connectivity index (χ4n) is 5.24. The van der Waals surface area contributed by atoms with Gasteiger partial charge in [-0.2, -0.15) is 0 Å². The van der Waals surface area contributed by atoms with E-state index in [2.05, 4.69) is 26.6 Å². The molecule has 53 heavy (non-hydrogen) atoms. The van der Waals surface area contributed by atoms with Gasteiger partial charge >= 0.3 is 0 Å². The van der Waals surface area contributed by atoms with E-state index in [0.717, 1.165) is 13.0 Å². The van der Waals surface area contributed by atoms with E-state index in [1.165, 1.54) is 96.3 Å². The maximum Gasteiger partial charge on any atom is 0.183 e. The third-order valence-corrected chi connectivity index (χ3v) is 9.32. The summed E-state index contributed by atoms with van der Waals surface area (Å²) in [4.78, 5) is 0. The Morgan fingerprint density at radius 3 is 0.642 bits per heavy atom. The van der Waals surface area contributed by atoms with Gasteiger partial charge in [-0.25, -0.2) is 0 Å². The van der Waals surface area contributed by atoms with E-state index in [1.807, 2.05) is 0 Å². The zero-order valence-corrected chi connectivity index (χ0v) is 36.2. The molecule has 0 atom stereocenters. The van der Waals surface area contributed by atoms with Crippen LogP contribution in [0.4, 0.5) is 0 Å². The monoisotopic (exact) mass is 783 g/mol. The topological polar surface area (TPSA) is 102 Å². The summed E-state index contributed by atoms with van der Waals surface area (Å²) in [6.45, 7) is 20.8. The predicted octanol–water partition coefficient (Wildman–Crippen LogP) is 8.27. The number of hydrogen-bond acceptors (Lipinski definition) is 11. The molecule has 0 unspecified atom stereocenters. The highest BCUT2D eigenvalue weighted by Crippen LogP contribution is 2.13. The summed E-state index contributed by atoms with van der Waals surface area (Å²) in [5.41, 5.74) is 0. The Morgan fingerprint density at radius 1 is 0.226 bits per heavy atom. The van der Waals surface area contributed by atoms with Crippen molar-refractivity contribution in [2.45, 2.75) is 129 Å². The molecule has 0 saturated carbocycles. The van der Waals surface area contributed by atoms with Crippen molar-refractivity contribution in [3.8, 4) is 0 Å². The van der Waals surface area contributed by atoms with Gasteiger partial charge in [-0.3, -0.25) is 0 Å². The van der Waals surface area contributed by atoms with Gasteiger partial charge in [0, 0.05) is 6.61 Å². The third-order valence-electron chi connectivity index (χ3n) is 8.25. The molecule has 0 aliphatic rings. The van der Waals surface area contributed by atoms with Crippen LogP contribution < -0.4 is 0 Å². The second-order valence-corrected chi connectivity index (χ2v) is 18.9. The molecule has 320 valence electrons. The van der Waals surface area contributed by atoms with E-state index in [-0.39, 0.29) is 0 Å². The quantitative estimate of drug-likeness (QED) is 0.0441. The van der Waals surface area contributed by atoms with Crippen LogP contribution in [0.1, 0.15) is 110 Å². The minimum atomic E-state index is -1.45. The molecular formula is C41H86O11Si. The molecule has 11 nitrogen and oxygen atoms in total. The van der Waals surface area contributed by atoms with Crippen molar-refractivity contribution in [3.05, 3.63) is 0 Å². The van der Waals surface area contributed by atoms with Crippen LogP contribution in [0.25, 0.3) is 0 Å². The molecule has 0 aromatic rings. The van der Waals surface area contributed by atoms with Gasteiger partial charge in [0.15, 0.2) is 8.32 Å². The summed E-state index contributed by atoms with van der Waals surface area (Å²) in [6, 6.07) is 0. The van der Waals surface area contributed by atoms with Gasteiger partial charge in [0.1, 0.15) is 0 Å². The van der Waals surface area contributed by atoms with E-state index < -0.39 is 8.32 Å². The molecule has 0 heterocycles. The first-order valence-electron chi connectivity index (χ1n) is 21.5. The van der Waals surface area contributed by atoms with Crippen molar-refractivity contribution in [2.75, 3.05) is 139 Å². The maximum atomic E-state index is 5.73. The minimum absolute atomic E-state index is 0.527. The highest BCUT2D eigenvalue weighted by molar-refractivity contribution is 6.69. The summed E-state index contributed by atoms with van der Waals surface area (Å²) in [5.74, 6) is 0. The molecule has 0 aliphatic carbocycles. The molecule has 0 radical (unpaired) electrons. The Hall–Kier alpha value is -0.223. The predicted molar refractivity (Wildman–Crippen MR) is 217 cm³/mol. The molecule has 0 aromatic carbocycles. The lowest BCUT2D eigenvalue weighted by Crippen LogP contribution is -2.27. The van der Waals surface area contributed by atoms with Crippen molar-refractivity contribution in [3.63, 3.8) is 0 Å². The Kier molecular flexibility index (Phi) is 46.0. The van der Waals surface area contributed by atoms with Crippen LogP contribution in [-0.2, 0) is 51.8 Å². The van der Waals surface area contributed by atoms with Crippen molar-refractivity contribution < 1.29 is 51.8 Å². The number of ether oxygens (including phenoxy) is 10. The van der Waals surface area contributed by atoms with Crippen LogP contribution in [-0.4, -0.2) is 147 Å². The van der Waals surface area contributed by atoms with Crippen molar-refractivity contribution in [1.82, 2.24) is 0 Å². The normalized spacial score (nSPS) is 12.0. The van der Waals surface area contributed by atoms with Gasteiger partial charge in [-0.15, -0.1) is 0 Å². The summed E-state index contributed by atoms with van der Waals surface area (Å²) < 4.78 is 61.1. The first-order chi connectivity index (χ1) is 26.1. The standard InChI is InChI=1S/C41H86O11Si/c1-5-6-7-8-9-10-11-12-13-14-15-16-17-18-19-20-21-42-22-23-43-24-25-44-26-27-45-28-29-46-30-31-47-32-33-48-34-35-49-36-37-50-38-39-51-40-41-52-53(2,3)4/h5-41H2,1-4H3. The van der Waals surface area contributed by atoms with Crippen LogP contribution in [0.2, 0.25) is 19.6 Å². The number of hydrogen-bond donors (Lipinski definition) is 0. The van der Waals surface area contributed by atoms with Crippen molar-refractivity contribution >= 4 is 8.32 Å². The molecule has 0 N–H and O–H groups in total. The zero-order chi connectivity index (χ0) is 38.4. The van der Waals surface area contributed by atoms with Crippen LogP contribution in [0.3, 0.4) is 0 Å². The first kappa shape index (κ1) is 52.8. The Bertz CT molecular complexity index is 658. The van der Waals surface area contributed by atoms with Gasteiger partial charge < -0.3 is 51.8 Å². The molecule has 0 aromatic heterocycles. The molecule has 0 fully saturated rings. The molecule has 0 aliphatic heterocycles. The Labute approximate surface area is 327 Å². The smallest absolute Gasteiger partial charge is 0.183 e. The number of unbranched alkanes of at least 4 members (excludes halogenated alkanes) is 15. The Balaban J connectivity index is 3.06. The summed E-state index contributed by atoms with van der Waals surface area (Å²) in [7, 11) is -1.45. The second kappa shape index (κ2) is 46.2. The molecular weight excluding hydrogens is 697 g/mol. The van der Waals surface area contributed by atoms with Crippen LogP contribution >= 0.6 is 0 Å². The van der Waals surface area contributed by atoms with E-state index in [0.29, 0.717) is 132 Å². The fraction of sp³-hybridized carbons (Fsp3) is 1.00. The molecule has 0 spiro atoms. The molecule has 12 heteroatoms. The maximum absolute atomic E-state index is 5.73. The van der Waals surface area contributed by atoms with Gasteiger partial charge in [0.05, 0.1) is 132 Å². The summed E-state index contributed by atoms with van der Waals surface area (Å²) in [6.07, 6.45) is 22.2. The third kappa shape index (κ3) is 51.8. The van der Waals surface area contributed by atoms with Crippen LogP contribution in [0.15, 0.2) is 0 Å². The SMILES string of the molecule is CCCCCCCCCCCCCCCCCCOCCOCCOCCOCCOCCOCCOCCOCCOCCOCCO[Si](C)(C)C. The van der Waals surface area contributed by atoms with Crippen molar-refractivity contribution in [2.24, 2.45) is 0 Å². The summed E-state index contributed by atoms with van der Waals surface area (Å²) in [5, 5.41) is 0. The summed E-state index contributed by atoms with van der Waals surface area (Å²) >= 11 is 0.